The van der Waals surface area contributed by atoms with Gasteiger partial charge in [-0.15, -0.1) is 0 Å². The van der Waals surface area contributed by atoms with E-state index in [1.165, 1.54) is 12.7 Å². The molecule has 3 rings (SSSR count). The van der Waals surface area contributed by atoms with E-state index >= 15 is 0 Å². The fourth-order valence-electron chi connectivity index (χ4n) is 3.25. The number of carbonyl (C=O) groups is 2. The lowest BCUT2D eigenvalue weighted by molar-refractivity contribution is -0.121. The molecule has 1 fully saturated rings. The Balaban J connectivity index is 1.48. The standard InChI is InChI=1S/C21H23ClN2O3/c1-27-21(26)17-4-8-19(9-5-17)23-20(25)16-10-12-24(13-11-16)14-15-2-6-18(22)7-3-15/h2-9,16H,10-14H2,1H3,(H,23,25). The number of nitrogens with zero attached hydrogens (tertiary/aromatic N) is 1. The number of carbonyl (C=O) groups excluding carboxylic acids is 2. The number of likely N-dealkylation sites (tertiary alicyclic amines) is 1. The molecule has 1 aliphatic heterocycles. The summed E-state index contributed by atoms with van der Waals surface area (Å²) in [4.78, 5) is 26.3. The molecular weight excluding hydrogens is 364 g/mol. The zero-order valence-electron chi connectivity index (χ0n) is 15.3. The SMILES string of the molecule is COC(=O)c1ccc(NC(=O)C2CCN(Cc3ccc(Cl)cc3)CC2)cc1. The van der Waals surface area contributed by atoms with Crippen LogP contribution in [0.2, 0.25) is 5.02 Å². The topological polar surface area (TPSA) is 58.6 Å². The number of ether oxygens (including phenoxy) is 1. The molecule has 5 nitrogen and oxygen atoms in total. The molecule has 27 heavy (non-hydrogen) atoms. The number of methoxy groups -OCH3 is 1. The van der Waals surface area contributed by atoms with E-state index in [0.717, 1.165) is 37.5 Å². The molecule has 1 heterocycles. The van der Waals surface area contributed by atoms with Gasteiger partial charge in [0.15, 0.2) is 0 Å². The van der Waals surface area contributed by atoms with Crippen LogP contribution >= 0.6 is 11.6 Å². The Hall–Kier alpha value is -2.37. The third-order valence-electron chi connectivity index (χ3n) is 4.85. The second kappa shape index (κ2) is 9.02. The summed E-state index contributed by atoms with van der Waals surface area (Å²) in [7, 11) is 1.34. The predicted octanol–water partition coefficient (Wildman–Crippen LogP) is 3.98. The highest BCUT2D eigenvalue weighted by molar-refractivity contribution is 6.30. The first-order chi connectivity index (χ1) is 13.0. The monoisotopic (exact) mass is 386 g/mol. The van der Waals surface area contributed by atoms with E-state index in [1.807, 2.05) is 24.3 Å². The molecule has 142 valence electrons. The van der Waals surface area contributed by atoms with Gasteiger partial charge in [-0.3, -0.25) is 9.69 Å². The molecule has 1 amide bonds. The van der Waals surface area contributed by atoms with Crippen LogP contribution in [0.1, 0.15) is 28.8 Å². The van der Waals surface area contributed by atoms with Gasteiger partial charge in [0.05, 0.1) is 12.7 Å². The van der Waals surface area contributed by atoms with Gasteiger partial charge < -0.3 is 10.1 Å². The van der Waals surface area contributed by atoms with Gasteiger partial charge in [0.2, 0.25) is 5.91 Å². The van der Waals surface area contributed by atoms with E-state index in [4.69, 9.17) is 11.6 Å². The molecule has 0 atom stereocenters. The first kappa shape index (κ1) is 19.4. The molecule has 0 spiro atoms. The van der Waals surface area contributed by atoms with E-state index in [1.54, 1.807) is 24.3 Å². The second-order valence-corrected chi connectivity index (χ2v) is 7.17. The summed E-state index contributed by atoms with van der Waals surface area (Å²) in [6.07, 6.45) is 1.67. The minimum atomic E-state index is -0.388. The van der Waals surface area contributed by atoms with Gasteiger partial charge in [-0.25, -0.2) is 4.79 Å². The number of amides is 1. The predicted molar refractivity (Wildman–Crippen MR) is 106 cm³/mol. The highest BCUT2D eigenvalue weighted by Gasteiger charge is 2.25. The Labute approximate surface area is 164 Å². The molecule has 0 saturated carbocycles. The van der Waals surface area contributed by atoms with E-state index < -0.39 is 0 Å². The third kappa shape index (κ3) is 5.31. The normalized spacial score (nSPS) is 15.3. The number of esters is 1. The Bertz CT molecular complexity index is 782. The Kier molecular flexibility index (Phi) is 6.48. The summed E-state index contributed by atoms with van der Waals surface area (Å²) in [6.45, 7) is 2.66. The zero-order valence-corrected chi connectivity index (χ0v) is 16.0. The summed E-state index contributed by atoms with van der Waals surface area (Å²) in [6, 6.07) is 14.6. The fraction of sp³-hybridized carbons (Fsp3) is 0.333. The molecular formula is C21H23ClN2O3. The summed E-state index contributed by atoms with van der Waals surface area (Å²) in [5.74, 6) is -0.348. The maximum Gasteiger partial charge on any atom is 0.337 e. The number of anilines is 1. The number of hydrogen-bond donors (Lipinski definition) is 1. The van der Waals surface area contributed by atoms with Crippen LogP contribution in [0.4, 0.5) is 5.69 Å². The van der Waals surface area contributed by atoms with E-state index in [9.17, 15) is 9.59 Å². The van der Waals surface area contributed by atoms with Gasteiger partial charge in [0.1, 0.15) is 0 Å². The molecule has 0 bridgehead atoms. The lowest BCUT2D eigenvalue weighted by Crippen LogP contribution is -2.37. The highest BCUT2D eigenvalue weighted by atomic mass is 35.5. The summed E-state index contributed by atoms with van der Waals surface area (Å²) >= 11 is 5.93. The second-order valence-electron chi connectivity index (χ2n) is 6.74. The van der Waals surface area contributed by atoms with Crippen LogP contribution in [0.25, 0.3) is 0 Å². The van der Waals surface area contributed by atoms with Crippen LogP contribution < -0.4 is 5.32 Å². The van der Waals surface area contributed by atoms with Crippen LogP contribution in [-0.4, -0.2) is 37.0 Å². The minimum Gasteiger partial charge on any atom is -0.465 e. The molecule has 0 radical (unpaired) electrons. The van der Waals surface area contributed by atoms with Crippen molar-refractivity contribution < 1.29 is 14.3 Å². The first-order valence-electron chi connectivity index (χ1n) is 9.01. The van der Waals surface area contributed by atoms with Crippen molar-refractivity contribution in [3.8, 4) is 0 Å². The lowest BCUT2D eigenvalue weighted by atomic mass is 9.95. The molecule has 2 aromatic carbocycles. The van der Waals surface area contributed by atoms with Crippen molar-refractivity contribution in [2.45, 2.75) is 19.4 Å². The van der Waals surface area contributed by atoms with Crippen LogP contribution in [0.15, 0.2) is 48.5 Å². The van der Waals surface area contributed by atoms with Crippen LogP contribution in [-0.2, 0) is 16.1 Å². The Morgan fingerprint density at radius 3 is 2.30 bits per heavy atom. The van der Waals surface area contributed by atoms with Crippen LogP contribution in [0.5, 0.6) is 0 Å². The lowest BCUT2D eigenvalue weighted by Gasteiger charge is -2.31. The highest BCUT2D eigenvalue weighted by Crippen LogP contribution is 2.22. The van der Waals surface area contributed by atoms with Crippen molar-refractivity contribution in [2.75, 3.05) is 25.5 Å². The molecule has 6 heteroatoms. The Morgan fingerprint density at radius 1 is 1.07 bits per heavy atom. The van der Waals surface area contributed by atoms with Crippen molar-refractivity contribution in [1.29, 1.82) is 0 Å². The molecule has 0 aliphatic carbocycles. The number of halogens is 1. The molecule has 0 aromatic heterocycles. The summed E-state index contributed by atoms with van der Waals surface area (Å²) in [5, 5.41) is 3.69. The molecule has 1 N–H and O–H groups in total. The zero-order chi connectivity index (χ0) is 19.2. The average Bonchev–Trinajstić information content (AvgIpc) is 2.70. The van der Waals surface area contributed by atoms with Gasteiger partial charge in [0, 0.05) is 23.2 Å². The number of nitrogens with one attached hydrogen (secondary N) is 1. The number of piperidine rings is 1. The first-order valence-corrected chi connectivity index (χ1v) is 9.39. The van der Waals surface area contributed by atoms with Crippen molar-refractivity contribution in [2.24, 2.45) is 5.92 Å². The smallest absolute Gasteiger partial charge is 0.337 e. The van der Waals surface area contributed by atoms with Crippen LogP contribution in [0, 0.1) is 5.92 Å². The number of benzene rings is 2. The van der Waals surface area contributed by atoms with Gasteiger partial charge in [-0.2, -0.15) is 0 Å². The maximum atomic E-state index is 12.5. The van der Waals surface area contributed by atoms with Gasteiger partial charge in [0.25, 0.3) is 0 Å². The summed E-state index contributed by atoms with van der Waals surface area (Å²) < 4.78 is 4.67. The van der Waals surface area contributed by atoms with Crippen molar-refractivity contribution in [1.82, 2.24) is 4.90 Å². The fourth-order valence-corrected chi connectivity index (χ4v) is 3.38. The van der Waals surface area contributed by atoms with E-state index in [-0.39, 0.29) is 17.8 Å². The Morgan fingerprint density at radius 2 is 1.70 bits per heavy atom. The van der Waals surface area contributed by atoms with Crippen LogP contribution in [0.3, 0.4) is 0 Å². The molecule has 1 saturated heterocycles. The number of hydrogen-bond acceptors (Lipinski definition) is 4. The quantitative estimate of drug-likeness (QED) is 0.790. The largest absolute Gasteiger partial charge is 0.465 e. The minimum absolute atomic E-state index is 0.00625. The average molecular weight is 387 g/mol. The van der Waals surface area contributed by atoms with Gasteiger partial charge in [-0.05, 0) is 67.9 Å². The van der Waals surface area contributed by atoms with Gasteiger partial charge in [-0.1, -0.05) is 23.7 Å². The molecule has 0 unspecified atom stereocenters. The third-order valence-corrected chi connectivity index (χ3v) is 5.10. The van der Waals surface area contributed by atoms with E-state index in [0.29, 0.717) is 11.3 Å². The van der Waals surface area contributed by atoms with Crippen molar-refractivity contribution in [3.63, 3.8) is 0 Å². The van der Waals surface area contributed by atoms with Crippen molar-refractivity contribution >= 4 is 29.2 Å². The van der Waals surface area contributed by atoms with Gasteiger partial charge >= 0.3 is 5.97 Å². The van der Waals surface area contributed by atoms with Crippen molar-refractivity contribution in [3.05, 3.63) is 64.7 Å². The van der Waals surface area contributed by atoms with E-state index in [2.05, 4.69) is 15.0 Å². The maximum absolute atomic E-state index is 12.5. The number of rotatable bonds is 5. The molecule has 2 aromatic rings. The summed E-state index contributed by atoms with van der Waals surface area (Å²) in [5.41, 5.74) is 2.38. The molecule has 1 aliphatic rings.